The first-order chi connectivity index (χ1) is 17.8. The van der Waals surface area contributed by atoms with Crippen LogP contribution in [0.2, 0.25) is 10.0 Å². The van der Waals surface area contributed by atoms with Gasteiger partial charge in [0, 0.05) is 17.0 Å². The summed E-state index contributed by atoms with van der Waals surface area (Å²) < 4.78 is 69.0. The van der Waals surface area contributed by atoms with Gasteiger partial charge < -0.3 is 15.4 Å². The molecule has 0 radical (unpaired) electrons. The lowest BCUT2D eigenvalue weighted by atomic mass is 10.0. The van der Waals surface area contributed by atoms with Gasteiger partial charge in [-0.15, -0.1) is 0 Å². The molecule has 1 heterocycles. The second-order valence-corrected chi connectivity index (χ2v) is 13.3. The third kappa shape index (κ3) is 12.6. The third-order valence-corrected chi connectivity index (χ3v) is 8.51. The summed E-state index contributed by atoms with van der Waals surface area (Å²) in [6.07, 6.45) is -6.06. The number of carbonyl (C=O) groups excluding carboxylic acids is 2. The monoisotopic (exact) mass is 612 g/mol. The first-order valence-electron chi connectivity index (χ1n) is 11.7. The zero-order chi connectivity index (χ0) is 30.0. The third-order valence-electron chi connectivity index (χ3n) is 5.32. The van der Waals surface area contributed by atoms with Crippen molar-refractivity contribution in [1.29, 1.82) is 0 Å². The van der Waals surface area contributed by atoms with Crippen molar-refractivity contribution in [2.24, 2.45) is 5.73 Å². The van der Waals surface area contributed by atoms with E-state index in [1.807, 2.05) is 30.3 Å². The number of morpholine rings is 1. The lowest BCUT2D eigenvalue weighted by Crippen LogP contribution is -2.54. The average molecular weight is 614 g/mol. The molecule has 1 aliphatic rings. The van der Waals surface area contributed by atoms with Crippen LogP contribution in [-0.4, -0.2) is 61.1 Å². The van der Waals surface area contributed by atoms with Gasteiger partial charge in [0.1, 0.15) is 6.61 Å². The molecule has 2 aromatic rings. The summed E-state index contributed by atoms with van der Waals surface area (Å²) >= 11 is 11.4. The van der Waals surface area contributed by atoms with Crippen LogP contribution in [0.5, 0.6) is 0 Å². The predicted octanol–water partition coefficient (Wildman–Crippen LogP) is 5.61. The highest BCUT2D eigenvalue weighted by atomic mass is 35.5. The molecule has 0 aromatic heterocycles. The summed E-state index contributed by atoms with van der Waals surface area (Å²) in [4.78, 5) is 22.8. The average Bonchev–Trinajstić information content (AvgIpc) is 2.78. The van der Waals surface area contributed by atoms with E-state index >= 15 is 0 Å². The molecule has 2 atom stereocenters. The first-order valence-corrected chi connectivity index (χ1v) is 14.1. The van der Waals surface area contributed by atoms with Crippen molar-refractivity contribution in [3.63, 3.8) is 0 Å². The van der Waals surface area contributed by atoms with Crippen LogP contribution in [0.4, 0.5) is 13.2 Å². The molecule has 39 heavy (non-hydrogen) atoms. The Morgan fingerprint density at radius 1 is 1.05 bits per heavy atom. The van der Waals surface area contributed by atoms with Crippen LogP contribution in [0.25, 0.3) is 0 Å². The Labute approximate surface area is 237 Å². The maximum absolute atomic E-state index is 13.3. The van der Waals surface area contributed by atoms with Crippen molar-refractivity contribution in [2.45, 2.75) is 57.1 Å². The molecule has 0 aliphatic carbocycles. The summed E-state index contributed by atoms with van der Waals surface area (Å²) in [7, 11) is -3.91. The Balaban J connectivity index is 0.000000573. The van der Waals surface area contributed by atoms with Gasteiger partial charge in [0.25, 0.3) is 0 Å². The zero-order valence-corrected chi connectivity index (χ0v) is 24.4. The molecule has 13 heteroatoms. The van der Waals surface area contributed by atoms with E-state index in [2.05, 4.69) is 5.73 Å². The van der Waals surface area contributed by atoms with Gasteiger partial charge in [-0.25, -0.2) is 8.42 Å². The van der Waals surface area contributed by atoms with Crippen LogP contribution in [0.1, 0.15) is 45.7 Å². The van der Waals surface area contributed by atoms with Crippen molar-refractivity contribution in [3.8, 4) is 0 Å². The number of rotatable bonds is 5. The van der Waals surface area contributed by atoms with Gasteiger partial charge in [-0.3, -0.25) is 9.59 Å². The smallest absolute Gasteiger partial charge is 0.370 e. The zero-order valence-electron chi connectivity index (χ0n) is 22.0. The van der Waals surface area contributed by atoms with E-state index in [1.165, 1.54) is 27.7 Å². The molecular formula is C26H33Cl2F3N2O5S. The number of sulfone groups is 1. The number of amides is 2. The molecule has 0 saturated carbocycles. The SMILES string of the molecule is CC(C)(C)S(=O)(=O)CC(CC(F)(F)F)N1C(=O)COCC1c1ccc(Cl)cc1.CC(N)=O.Clc1ccccc1. The van der Waals surface area contributed by atoms with E-state index in [1.54, 1.807) is 24.3 Å². The van der Waals surface area contributed by atoms with E-state index < -0.39 is 57.5 Å². The number of hydrogen-bond donors (Lipinski definition) is 1. The summed E-state index contributed by atoms with van der Waals surface area (Å²) in [5, 5.41) is 1.23. The lowest BCUT2D eigenvalue weighted by Gasteiger charge is -2.42. The second-order valence-electron chi connectivity index (χ2n) is 9.66. The Kier molecular flexibility index (Phi) is 13.2. The molecule has 218 valence electrons. The summed E-state index contributed by atoms with van der Waals surface area (Å²) in [6, 6.07) is 13.3. The van der Waals surface area contributed by atoms with Crippen LogP contribution < -0.4 is 5.73 Å². The van der Waals surface area contributed by atoms with Crippen LogP contribution >= 0.6 is 23.2 Å². The molecule has 0 bridgehead atoms. The maximum atomic E-state index is 13.3. The standard InChI is InChI=1S/C18H23ClF3NO4S.C6H5Cl.C2H5NO/c1-17(2,3)28(25,26)11-14(8-18(20,21)22)23-15(9-27-10-16(23)24)12-4-6-13(19)7-5-12;7-6-4-2-1-3-5-6;1-2(3)4/h4-7,14-15H,8-11H2,1-3H3;1-5H;1H3,(H2,3,4). The van der Waals surface area contributed by atoms with E-state index in [-0.39, 0.29) is 12.5 Å². The van der Waals surface area contributed by atoms with Gasteiger partial charge >= 0.3 is 6.18 Å². The minimum Gasteiger partial charge on any atom is -0.370 e. The molecule has 3 rings (SSSR count). The molecular weight excluding hydrogens is 580 g/mol. The highest BCUT2D eigenvalue weighted by molar-refractivity contribution is 7.92. The van der Waals surface area contributed by atoms with Gasteiger partial charge in [0.2, 0.25) is 11.8 Å². The maximum Gasteiger partial charge on any atom is 0.391 e. The van der Waals surface area contributed by atoms with Crippen molar-refractivity contribution in [1.82, 2.24) is 4.90 Å². The quantitative estimate of drug-likeness (QED) is 0.472. The van der Waals surface area contributed by atoms with E-state index in [4.69, 9.17) is 27.9 Å². The first kappa shape index (κ1) is 34.7. The van der Waals surface area contributed by atoms with Crippen LogP contribution in [-0.2, 0) is 24.2 Å². The molecule has 0 spiro atoms. The fourth-order valence-corrected chi connectivity index (χ4v) is 4.97. The summed E-state index contributed by atoms with van der Waals surface area (Å²) in [5.74, 6) is -1.80. The number of ether oxygens (including phenoxy) is 1. The normalized spacial score (nSPS) is 16.8. The number of nitrogens with two attached hydrogens (primary N) is 1. The van der Waals surface area contributed by atoms with Gasteiger partial charge in [-0.2, -0.15) is 13.2 Å². The highest BCUT2D eigenvalue weighted by Crippen LogP contribution is 2.34. The lowest BCUT2D eigenvalue weighted by molar-refractivity contribution is -0.167. The fourth-order valence-electron chi connectivity index (χ4n) is 3.41. The summed E-state index contributed by atoms with van der Waals surface area (Å²) in [5.41, 5.74) is 5.00. The van der Waals surface area contributed by atoms with Crippen molar-refractivity contribution in [3.05, 3.63) is 70.2 Å². The Hall–Kier alpha value is -2.34. The summed E-state index contributed by atoms with van der Waals surface area (Å²) in [6.45, 7) is 5.14. The number of nitrogens with zero attached hydrogens (tertiary/aromatic N) is 1. The number of benzene rings is 2. The second kappa shape index (κ2) is 14.9. The van der Waals surface area contributed by atoms with Gasteiger partial charge in [-0.05, 0) is 50.6 Å². The van der Waals surface area contributed by atoms with Gasteiger partial charge in [0.15, 0.2) is 9.84 Å². The van der Waals surface area contributed by atoms with Crippen LogP contribution in [0.15, 0.2) is 54.6 Å². The molecule has 2 N–H and O–H groups in total. The number of carbonyl (C=O) groups is 2. The minimum absolute atomic E-state index is 0.0305. The van der Waals surface area contributed by atoms with E-state index in [0.29, 0.717) is 10.6 Å². The topological polar surface area (TPSA) is 107 Å². The molecule has 7 nitrogen and oxygen atoms in total. The Morgan fingerprint density at radius 3 is 1.95 bits per heavy atom. The van der Waals surface area contributed by atoms with Gasteiger partial charge in [-0.1, -0.05) is 53.5 Å². The number of primary amides is 1. The number of alkyl halides is 3. The van der Waals surface area contributed by atoms with Gasteiger partial charge in [0.05, 0.1) is 35.6 Å². The Morgan fingerprint density at radius 2 is 1.54 bits per heavy atom. The molecule has 2 aromatic carbocycles. The number of halogens is 5. The Bertz CT molecular complexity index is 1170. The minimum atomic E-state index is -4.64. The highest BCUT2D eigenvalue weighted by Gasteiger charge is 2.45. The van der Waals surface area contributed by atoms with E-state index in [9.17, 15) is 31.2 Å². The molecule has 1 fully saturated rings. The van der Waals surface area contributed by atoms with Crippen molar-refractivity contribution < 1.29 is 35.9 Å². The number of hydrogen-bond acceptors (Lipinski definition) is 5. The predicted molar refractivity (Wildman–Crippen MR) is 146 cm³/mol. The van der Waals surface area contributed by atoms with Crippen molar-refractivity contribution >= 4 is 44.9 Å². The largest absolute Gasteiger partial charge is 0.391 e. The molecule has 1 saturated heterocycles. The molecule has 2 amide bonds. The van der Waals surface area contributed by atoms with Crippen LogP contribution in [0, 0.1) is 0 Å². The fraction of sp³-hybridized carbons (Fsp3) is 0.462. The molecule has 2 unspecified atom stereocenters. The molecule has 1 aliphatic heterocycles. The van der Waals surface area contributed by atoms with E-state index in [0.717, 1.165) is 9.92 Å². The van der Waals surface area contributed by atoms with Crippen LogP contribution in [0.3, 0.4) is 0 Å². The van der Waals surface area contributed by atoms with Crippen molar-refractivity contribution in [2.75, 3.05) is 19.0 Å².